The summed E-state index contributed by atoms with van der Waals surface area (Å²) in [6.07, 6.45) is 1.56. The van der Waals surface area contributed by atoms with Gasteiger partial charge in [0.2, 0.25) is 5.88 Å². The van der Waals surface area contributed by atoms with E-state index in [1.165, 1.54) is 0 Å². The molecule has 1 aliphatic rings. The quantitative estimate of drug-likeness (QED) is 0.796. The molecule has 5 nitrogen and oxygen atoms in total. The lowest BCUT2D eigenvalue weighted by Crippen LogP contribution is -2.49. The smallest absolute Gasteiger partial charge is 0.216 e. The molecule has 1 unspecified atom stereocenters. The van der Waals surface area contributed by atoms with Gasteiger partial charge in [0, 0.05) is 38.3 Å². The first-order chi connectivity index (χ1) is 7.79. The van der Waals surface area contributed by atoms with E-state index in [4.69, 9.17) is 4.74 Å². The topological polar surface area (TPSA) is 50.3 Å². The Kier molecular flexibility index (Phi) is 3.69. The van der Waals surface area contributed by atoms with Crippen molar-refractivity contribution in [1.82, 2.24) is 20.2 Å². The predicted octanol–water partition coefficient (Wildman–Crippen LogP) is 0.279. The molecule has 1 aromatic rings. The second kappa shape index (κ2) is 5.23. The van der Waals surface area contributed by atoms with Crippen molar-refractivity contribution in [2.45, 2.75) is 19.5 Å². The van der Waals surface area contributed by atoms with Crippen LogP contribution in [0.4, 0.5) is 0 Å². The Morgan fingerprint density at radius 3 is 3.19 bits per heavy atom. The number of ether oxygens (including phenoxy) is 1. The third kappa shape index (κ3) is 2.68. The lowest BCUT2D eigenvalue weighted by Gasteiger charge is -2.33. The van der Waals surface area contributed by atoms with Gasteiger partial charge in [-0.25, -0.2) is 9.97 Å². The minimum atomic E-state index is 0.551. The second-order valence-corrected chi connectivity index (χ2v) is 4.08. The van der Waals surface area contributed by atoms with Gasteiger partial charge in [0.25, 0.3) is 0 Å². The van der Waals surface area contributed by atoms with E-state index in [2.05, 4.69) is 27.1 Å². The van der Waals surface area contributed by atoms with Crippen LogP contribution >= 0.6 is 0 Å². The maximum absolute atomic E-state index is 5.09. The van der Waals surface area contributed by atoms with Gasteiger partial charge in [0.15, 0.2) is 0 Å². The van der Waals surface area contributed by atoms with Crippen LogP contribution in [0.3, 0.4) is 0 Å². The third-order valence-electron chi connectivity index (χ3n) is 2.91. The average Bonchev–Trinajstić information content (AvgIpc) is 2.32. The normalized spacial score (nSPS) is 22.0. The van der Waals surface area contributed by atoms with Crippen LogP contribution < -0.4 is 10.1 Å². The van der Waals surface area contributed by atoms with Crippen LogP contribution in [-0.2, 0) is 6.54 Å². The first-order valence-electron chi connectivity index (χ1n) is 5.59. The van der Waals surface area contributed by atoms with E-state index in [0.29, 0.717) is 11.9 Å². The van der Waals surface area contributed by atoms with Crippen molar-refractivity contribution in [1.29, 1.82) is 0 Å². The van der Waals surface area contributed by atoms with Gasteiger partial charge in [-0.3, -0.25) is 4.90 Å². The predicted molar refractivity (Wildman–Crippen MR) is 61.3 cm³/mol. The summed E-state index contributed by atoms with van der Waals surface area (Å²) in [5.74, 6) is 0.632. The van der Waals surface area contributed by atoms with E-state index in [1.54, 1.807) is 13.4 Å². The summed E-state index contributed by atoms with van der Waals surface area (Å²) in [5, 5.41) is 3.37. The zero-order valence-corrected chi connectivity index (χ0v) is 9.81. The fourth-order valence-corrected chi connectivity index (χ4v) is 1.90. The minimum Gasteiger partial charge on any atom is -0.481 e. The fourth-order valence-electron chi connectivity index (χ4n) is 1.90. The number of rotatable bonds is 3. The molecule has 2 rings (SSSR count). The van der Waals surface area contributed by atoms with Crippen LogP contribution in [0, 0.1) is 0 Å². The van der Waals surface area contributed by atoms with Crippen LogP contribution in [0.2, 0.25) is 0 Å². The van der Waals surface area contributed by atoms with Crippen molar-refractivity contribution in [2.75, 3.05) is 26.7 Å². The Bertz CT molecular complexity index is 345. The number of methoxy groups -OCH3 is 1. The summed E-state index contributed by atoms with van der Waals surface area (Å²) in [4.78, 5) is 10.7. The lowest BCUT2D eigenvalue weighted by atomic mass is 10.2. The van der Waals surface area contributed by atoms with Crippen LogP contribution in [0.5, 0.6) is 5.88 Å². The van der Waals surface area contributed by atoms with E-state index >= 15 is 0 Å². The highest BCUT2D eigenvalue weighted by Gasteiger charge is 2.18. The van der Waals surface area contributed by atoms with Gasteiger partial charge >= 0.3 is 0 Å². The van der Waals surface area contributed by atoms with Crippen molar-refractivity contribution in [3.63, 3.8) is 0 Å². The molecule has 0 radical (unpaired) electrons. The van der Waals surface area contributed by atoms with Crippen LogP contribution in [-0.4, -0.2) is 47.7 Å². The molecule has 0 amide bonds. The summed E-state index contributed by atoms with van der Waals surface area (Å²) in [6, 6.07) is 2.45. The average molecular weight is 222 g/mol. The second-order valence-electron chi connectivity index (χ2n) is 4.08. The molecule has 2 heterocycles. The zero-order valence-electron chi connectivity index (χ0n) is 9.81. The zero-order chi connectivity index (χ0) is 11.4. The van der Waals surface area contributed by atoms with E-state index in [-0.39, 0.29) is 0 Å². The molecule has 0 saturated carbocycles. The van der Waals surface area contributed by atoms with Crippen molar-refractivity contribution in [3.05, 3.63) is 18.1 Å². The number of nitrogens with zero attached hydrogens (tertiary/aromatic N) is 3. The molecule has 1 saturated heterocycles. The molecule has 1 N–H and O–H groups in total. The van der Waals surface area contributed by atoms with Crippen molar-refractivity contribution in [2.24, 2.45) is 0 Å². The third-order valence-corrected chi connectivity index (χ3v) is 2.91. The van der Waals surface area contributed by atoms with Gasteiger partial charge < -0.3 is 10.1 Å². The van der Waals surface area contributed by atoms with Gasteiger partial charge in [0.1, 0.15) is 6.33 Å². The molecule has 0 spiro atoms. The minimum absolute atomic E-state index is 0.551. The van der Waals surface area contributed by atoms with Gasteiger partial charge in [-0.1, -0.05) is 0 Å². The number of piperazine rings is 1. The van der Waals surface area contributed by atoms with Crippen LogP contribution in [0.15, 0.2) is 12.4 Å². The molecular weight excluding hydrogens is 204 g/mol. The summed E-state index contributed by atoms with van der Waals surface area (Å²) in [5.41, 5.74) is 1.01. The van der Waals surface area contributed by atoms with Crippen LogP contribution in [0.1, 0.15) is 12.6 Å². The number of nitrogens with one attached hydrogen (secondary N) is 1. The van der Waals surface area contributed by atoms with Crippen molar-refractivity contribution in [3.8, 4) is 5.88 Å². The SMILES string of the molecule is COc1cc(CN2CCNCC2C)ncn1. The molecule has 1 atom stereocenters. The Morgan fingerprint density at radius 1 is 1.56 bits per heavy atom. The number of hydrogen-bond acceptors (Lipinski definition) is 5. The van der Waals surface area contributed by atoms with E-state index < -0.39 is 0 Å². The Hall–Kier alpha value is -1.20. The highest BCUT2D eigenvalue weighted by atomic mass is 16.5. The Balaban J connectivity index is 2.01. The lowest BCUT2D eigenvalue weighted by molar-refractivity contribution is 0.163. The molecular formula is C11H18N4O. The summed E-state index contributed by atoms with van der Waals surface area (Å²) in [7, 11) is 1.62. The summed E-state index contributed by atoms with van der Waals surface area (Å²) >= 11 is 0. The maximum Gasteiger partial charge on any atom is 0.216 e. The summed E-state index contributed by atoms with van der Waals surface area (Å²) in [6.45, 7) is 6.24. The highest BCUT2D eigenvalue weighted by molar-refractivity contribution is 5.13. The number of aromatic nitrogens is 2. The van der Waals surface area contributed by atoms with E-state index in [9.17, 15) is 0 Å². The molecule has 1 aliphatic heterocycles. The fraction of sp³-hybridized carbons (Fsp3) is 0.636. The maximum atomic E-state index is 5.09. The van der Waals surface area contributed by atoms with Gasteiger partial charge in [0.05, 0.1) is 12.8 Å². The standard InChI is InChI=1S/C11H18N4O/c1-9-6-12-3-4-15(9)7-10-5-11(16-2)14-8-13-10/h5,8-9,12H,3-4,6-7H2,1-2H3. The monoisotopic (exact) mass is 222 g/mol. The van der Waals surface area contributed by atoms with Crippen molar-refractivity contribution < 1.29 is 4.74 Å². The molecule has 0 aromatic carbocycles. The Morgan fingerprint density at radius 2 is 2.44 bits per heavy atom. The molecule has 0 aliphatic carbocycles. The van der Waals surface area contributed by atoms with Gasteiger partial charge in [-0.05, 0) is 6.92 Å². The molecule has 5 heteroatoms. The molecule has 88 valence electrons. The van der Waals surface area contributed by atoms with Gasteiger partial charge in [-0.15, -0.1) is 0 Å². The van der Waals surface area contributed by atoms with Crippen LogP contribution in [0.25, 0.3) is 0 Å². The first kappa shape index (κ1) is 11.3. The number of hydrogen-bond donors (Lipinski definition) is 1. The highest BCUT2D eigenvalue weighted by Crippen LogP contribution is 2.11. The first-order valence-corrected chi connectivity index (χ1v) is 5.59. The summed E-state index contributed by atoms with van der Waals surface area (Å²) < 4.78 is 5.09. The molecule has 16 heavy (non-hydrogen) atoms. The molecule has 1 fully saturated rings. The van der Waals surface area contributed by atoms with E-state index in [1.807, 2.05) is 6.07 Å². The van der Waals surface area contributed by atoms with E-state index in [0.717, 1.165) is 31.9 Å². The molecule has 1 aromatic heterocycles. The Labute approximate surface area is 95.8 Å². The van der Waals surface area contributed by atoms with Crippen molar-refractivity contribution >= 4 is 0 Å². The largest absolute Gasteiger partial charge is 0.481 e. The van der Waals surface area contributed by atoms with Gasteiger partial charge in [-0.2, -0.15) is 0 Å². The molecule has 0 bridgehead atoms.